The van der Waals surface area contributed by atoms with Crippen LogP contribution in [0.15, 0.2) is 76.3 Å². The lowest BCUT2D eigenvalue weighted by atomic mass is 10.1. The first-order valence-corrected chi connectivity index (χ1v) is 12.1. The van der Waals surface area contributed by atoms with Gasteiger partial charge in [-0.1, -0.05) is 41.1 Å². The van der Waals surface area contributed by atoms with Crippen molar-refractivity contribution >= 4 is 39.9 Å². The van der Waals surface area contributed by atoms with Crippen LogP contribution in [0.1, 0.15) is 45.2 Å². The molecular weight excluding hydrogens is 526 g/mol. The fraction of sp³-hybridized carbons (Fsp3) is 0.185. The summed E-state index contributed by atoms with van der Waals surface area (Å²) in [6.45, 7) is 4.17. The smallest absolute Gasteiger partial charge is 0.343 e. The van der Waals surface area contributed by atoms with E-state index in [0.717, 1.165) is 16.5 Å². The number of aryl methyl sites for hydroxylation is 1. The van der Waals surface area contributed by atoms with Crippen LogP contribution in [-0.2, 0) is 4.79 Å². The third-order valence-corrected chi connectivity index (χ3v) is 5.42. The van der Waals surface area contributed by atoms with Crippen LogP contribution in [0.3, 0.4) is 0 Å². The molecule has 0 aliphatic carbocycles. The Bertz CT molecular complexity index is 1260. The van der Waals surface area contributed by atoms with Gasteiger partial charge in [0.25, 0.3) is 11.8 Å². The summed E-state index contributed by atoms with van der Waals surface area (Å²) in [4.78, 5) is 37.0. The number of rotatable bonds is 10. The molecule has 0 atom stereocenters. The second kappa shape index (κ2) is 13.2. The number of halogens is 1. The van der Waals surface area contributed by atoms with Crippen molar-refractivity contribution in [2.75, 3.05) is 13.2 Å². The van der Waals surface area contributed by atoms with E-state index in [1.54, 1.807) is 54.6 Å². The van der Waals surface area contributed by atoms with Crippen LogP contribution in [0.25, 0.3) is 0 Å². The van der Waals surface area contributed by atoms with Gasteiger partial charge in [-0.3, -0.25) is 9.59 Å². The Balaban J connectivity index is 1.55. The van der Waals surface area contributed by atoms with Crippen molar-refractivity contribution in [3.05, 3.63) is 93.5 Å². The van der Waals surface area contributed by atoms with Crippen LogP contribution >= 0.6 is 15.9 Å². The van der Waals surface area contributed by atoms with E-state index in [1.165, 1.54) is 6.21 Å². The number of hydrazone groups is 1. The van der Waals surface area contributed by atoms with Gasteiger partial charge in [0, 0.05) is 15.6 Å². The average Bonchev–Trinajstić information content (AvgIpc) is 2.88. The third-order valence-electron chi connectivity index (χ3n) is 4.93. The number of carbonyl (C=O) groups excluding carboxylic acids is 3. The van der Waals surface area contributed by atoms with Gasteiger partial charge in [0.05, 0.1) is 24.9 Å². The maximum atomic E-state index is 12.6. The van der Waals surface area contributed by atoms with E-state index < -0.39 is 17.8 Å². The second-order valence-corrected chi connectivity index (χ2v) is 8.65. The van der Waals surface area contributed by atoms with Gasteiger partial charge in [0.15, 0.2) is 0 Å². The van der Waals surface area contributed by atoms with Crippen molar-refractivity contribution in [1.29, 1.82) is 0 Å². The predicted octanol–water partition coefficient (Wildman–Crippen LogP) is 4.65. The van der Waals surface area contributed by atoms with Gasteiger partial charge >= 0.3 is 5.97 Å². The number of ether oxygens (including phenoxy) is 2. The molecule has 36 heavy (non-hydrogen) atoms. The Kier molecular flexibility index (Phi) is 9.76. The Morgan fingerprint density at radius 3 is 2.50 bits per heavy atom. The first-order chi connectivity index (χ1) is 17.4. The van der Waals surface area contributed by atoms with Crippen LogP contribution in [0.4, 0.5) is 0 Å². The molecule has 9 heteroatoms. The number of amides is 2. The fourth-order valence-electron chi connectivity index (χ4n) is 3.07. The molecular formula is C27H26BrN3O5. The van der Waals surface area contributed by atoms with Gasteiger partial charge in [-0.05, 0) is 67.4 Å². The standard InChI is InChI=1S/C27H26BrN3O5/c1-3-14-35-22-11-8-19(9-12-22)26(33)29-17-25(32)31-30-16-20-15-21(28)10-13-24(20)36-27(34)23-7-5-4-6-18(23)2/h4-13,15-16H,3,14,17H2,1-2H3,(H,29,33)(H,31,32)/b30-16-. The third kappa shape index (κ3) is 7.78. The van der Waals surface area contributed by atoms with Crippen molar-refractivity contribution < 1.29 is 23.9 Å². The fourth-order valence-corrected chi connectivity index (χ4v) is 3.45. The second-order valence-electron chi connectivity index (χ2n) is 7.74. The molecule has 3 aromatic rings. The molecule has 0 fully saturated rings. The SMILES string of the molecule is CCCOc1ccc(C(=O)NCC(=O)N/N=C\c2cc(Br)ccc2OC(=O)c2ccccc2C)cc1. The number of carbonyl (C=O) groups is 3. The van der Waals surface area contributed by atoms with E-state index in [2.05, 4.69) is 31.8 Å². The first kappa shape index (κ1) is 26.6. The number of hydrogen-bond donors (Lipinski definition) is 2. The molecule has 0 aliphatic heterocycles. The lowest BCUT2D eigenvalue weighted by molar-refractivity contribution is -0.120. The summed E-state index contributed by atoms with van der Waals surface area (Å²) in [7, 11) is 0. The van der Waals surface area contributed by atoms with Crippen LogP contribution in [0.5, 0.6) is 11.5 Å². The summed E-state index contributed by atoms with van der Waals surface area (Å²) in [5.74, 6) is -0.451. The highest BCUT2D eigenvalue weighted by atomic mass is 79.9. The van der Waals surface area contributed by atoms with Gasteiger partial charge < -0.3 is 14.8 Å². The van der Waals surface area contributed by atoms with Crippen molar-refractivity contribution in [2.45, 2.75) is 20.3 Å². The number of hydrogen-bond acceptors (Lipinski definition) is 6. The predicted molar refractivity (Wildman–Crippen MR) is 141 cm³/mol. The van der Waals surface area contributed by atoms with Crippen molar-refractivity contribution in [2.24, 2.45) is 5.10 Å². The van der Waals surface area contributed by atoms with E-state index in [9.17, 15) is 14.4 Å². The summed E-state index contributed by atoms with van der Waals surface area (Å²) in [6.07, 6.45) is 2.25. The van der Waals surface area contributed by atoms with Crippen LogP contribution in [0.2, 0.25) is 0 Å². The highest BCUT2D eigenvalue weighted by molar-refractivity contribution is 9.10. The minimum absolute atomic E-state index is 0.266. The topological polar surface area (TPSA) is 106 Å². The summed E-state index contributed by atoms with van der Waals surface area (Å²) >= 11 is 3.37. The molecule has 0 saturated carbocycles. The Morgan fingerprint density at radius 1 is 1.03 bits per heavy atom. The number of esters is 1. The summed E-state index contributed by atoms with van der Waals surface area (Å²) in [5, 5.41) is 6.46. The van der Waals surface area contributed by atoms with Gasteiger partial charge in [-0.25, -0.2) is 10.2 Å². The molecule has 0 aliphatic rings. The van der Waals surface area contributed by atoms with E-state index in [0.29, 0.717) is 29.0 Å². The molecule has 0 aromatic heterocycles. The molecule has 2 N–H and O–H groups in total. The normalized spacial score (nSPS) is 10.6. The largest absolute Gasteiger partial charge is 0.494 e. The van der Waals surface area contributed by atoms with Gasteiger partial charge in [0.2, 0.25) is 0 Å². The summed E-state index contributed by atoms with van der Waals surface area (Å²) in [5.41, 5.74) is 4.48. The van der Waals surface area contributed by atoms with Gasteiger partial charge in [-0.15, -0.1) is 0 Å². The zero-order valence-electron chi connectivity index (χ0n) is 19.9. The molecule has 8 nitrogen and oxygen atoms in total. The minimum atomic E-state index is -0.518. The zero-order chi connectivity index (χ0) is 25.9. The Hall–Kier alpha value is -3.98. The number of benzene rings is 3. The summed E-state index contributed by atoms with van der Waals surface area (Å²) in [6, 6.07) is 18.8. The summed E-state index contributed by atoms with van der Waals surface area (Å²) < 4.78 is 11.8. The molecule has 0 radical (unpaired) electrons. The van der Waals surface area contributed by atoms with Crippen molar-refractivity contribution in [3.8, 4) is 11.5 Å². The lowest BCUT2D eigenvalue weighted by Gasteiger charge is -2.09. The van der Waals surface area contributed by atoms with Gasteiger partial charge in [-0.2, -0.15) is 5.10 Å². The maximum Gasteiger partial charge on any atom is 0.343 e. The molecule has 2 amide bonds. The Labute approximate surface area is 217 Å². The molecule has 0 saturated heterocycles. The van der Waals surface area contributed by atoms with Crippen LogP contribution < -0.4 is 20.2 Å². The number of nitrogens with zero attached hydrogens (tertiary/aromatic N) is 1. The molecule has 0 spiro atoms. The molecule has 186 valence electrons. The quantitative estimate of drug-likeness (QED) is 0.165. The molecule has 3 aromatic carbocycles. The molecule has 3 rings (SSSR count). The Morgan fingerprint density at radius 2 is 1.78 bits per heavy atom. The molecule has 0 bridgehead atoms. The van der Waals surface area contributed by atoms with Gasteiger partial charge in [0.1, 0.15) is 11.5 Å². The molecule has 0 unspecified atom stereocenters. The van der Waals surface area contributed by atoms with E-state index in [1.807, 2.05) is 26.0 Å². The van der Waals surface area contributed by atoms with E-state index in [4.69, 9.17) is 9.47 Å². The maximum absolute atomic E-state index is 12.6. The number of nitrogens with one attached hydrogen (secondary N) is 2. The lowest BCUT2D eigenvalue weighted by Crippen LogP contribution is -2.34. The first-order valence-electron chi connectivity index (χ1n) is 11.3. The molecule has 0 heterocycles. The van der Waals surface area contributed by atoms with Crippen LogP contribution in [0, 0.1) is 6.92 Å². The van der Waals surface area contributed by atoms with E-state index >= 15 is 0 Å². The minimum Gasteiger partial charge on any atom is -0.494 e. The zero-order valence-corrected chi connectivity index (χ0v) is 21.5. The van der Waals surface area contributed by atoms with E-state index in [-0.39, 0.29) is 12.3 Å². The van der Waals surface area contributed by atoms with Crippen LogP contribution in [-0.4, -0.2) is 37.1 Å². The van der Waals surface area contributed by atoms with Crippen molar-refractivity contribution in [1.82, 2.24) is 10.7 Å². The monoisotopic (exact) mass is 551 g/mol. The highest BCUT2D eigenvalue weighted by Gasteiger charge is 2.14. The average molecular weight is 552 g/mol. The highest BCUT2D eigenvalue weighted by Crippen LogP contribution is 2.23. The van der Waals surface area contributed by atoms with Crippen molar-refractivity contribution in [3.63, 3.8) is 0 Å².